The molecule has 1 amide bonds. The number of carbonyl (C=O) groups excluding carboxylic acids is 1. The third kappa shape index (κ3) is 4.76. The van der Waals surface area contributed by atoms with E-state index in [2.05, 4.69) is 5.32 Å². The summed E-state index contributed by atoms with van der Waals surface area (Å²) in [5, 5.41) is 4.78. The highest BCUT2D eigenvalue weighted by Crippen LogP contribution is 2.31. The van der Waals surface area contributed by atoms with Crippen LogP contribution in [-0.2, 0) is 11.3 Å². The van der Waals surface area contributed by atoms with Gasteiger partial charge in [0, 0.05) is 17.1 Å². The molecule has 0 spiro atoms. The Morgan fingerprint density at radius 1 is 0.962 bits per heavy atom. The molecule has 134 valence electrons. The van der Waals surface area contributed by atoms with Crippen molar-refractivity contribution in [2.75, 3.05) is 5.32 Å². The van der Waals surface area contributed by atoms with Gasteiger partial charge in [0.1, 0.15) is 18.0 Å². The number of carbonyl (C=O) groups is 1. The summed E-state index contributed by atoms with van der Waals surface area (Å²) in [4.78, 5) is 12.1. The SMILES string of the molecule is CC(C)(C)OC(=O)Nc1cc(OCc2ccccc2)c2ccccc2c1. The van der Waals surface area contributed by atoms with Gasteiger partial charge in [-0.05, 0) is 37.8 Å². The summed E-state index contributed by atoms with van der Waals surface area (Å²) in [6, 6.07) is 21.6. The van der Waals surface area contributed by atoms with Gasteiger partial charge in [-0.25, -0.2) is 4.79 Å². The Hall–Kier alpha value is -3.01. The predicted octanol–water partition coefficient (Wildman–Crippen LogP) is 5.77. The second-order valence-corrected chi connectivity index (χ2v) is 7.10. The smallest absolute Gasteiger partial charge is 0.412 e. The van der Waals surface area contributed by atoms with Gasteiger partial charge < -0.3 is 9.47 Å². The molecule has 1 N–H and O–H groups in total. The van der Waals surface area contributed by atoms with Crippen LogP contribution in [0.15, 0.2) is 66.7 Å². The molecule has 0 aliphatic rings. The van der Waals surface area contributed by atoms with Crippen LogP contribution in [0.3, 0.4) is 0 Å². The third-order valence-corrected chi connectivity index (χ3v) is 3.71. The van der Waals surface area contributed by atoms with Gasteiger partial charge >= 0.3 is 6.09 Å². The topological polar surface area (TPSA) is 47.6 Å². The van der Waals surface area contributed by atoms with Crippen LogP contribution in [0.2, 0.25) is 0 Å². The molecule has 0 unspecified atom stereocenters. The van der Waals surface area contributed by atoms with Crippen LogP contribution in [0.25, 0.3) is 10.8 Å². The first-order valence-corrected chi connectivity index (χ1v) is 8.60. The second kappa shape index (κ2) is 7.48. The summed E-state index contributed by atoms with van der Waals surface area (Å²) in [5.41, 5.74) is 1.18. The number of hydrogen-bond acceptors (Lipinski definition) is 3. The lowest BCUT2D eigenvalue weighted by atomic mass is 10.1. The number of rotatable bonds is 4. The van der Waals surface area contributed by atoms with Crippen molar-refractivity contribution in [1.29, 1.82) is 0 Å². The van der Waals surface area contributed by atoms with Gasteiger partial charge in [0.15, 0.2) is 0 Å². The fourth-order valence-corrected chi connectivity index (χ4v) is 2.62. The lowest BCUT2D eigenvalue weighted by Crippen LogP contribution is -2.27. The van der Waals surface area contributed by atoms with Crippen molar-refractivity contribution in [1.82, 2.24) is 0 Å². The van der Waals surface area contributed by atoms with E-state index in [4.69, 9.17) is 9.47 Å². The minimum atomic E-state index is -0.548. The van der Waals surface area contributed by atoms with E-state index in [9.17, 15) is 4.79 Å². The normalized spacial score (nSPS) is 11.2. The average Bonchev–Trinajstić information content (AvgIpc) is 2.59. The van der Waals surface area contributed by atoms with Crippen molar-refractivity contribution >= 4 is 22.6 Å². The van der Waals surface area contributed by atoms with Gasteiger partial charge in [-0.3, -0.25) is 5.32 Å². The molecule has 4 nitrogen and oxygen atoms in total. The number of hydrogen-bond donors (Lipinski definition) is 1. The van der Waals surface area contributed by atoms with Gasteiger partial charge in [0.25, 0.3) is 0 Å². The molecule has 26 heavy (non-hydrogen) atoms. The highest BCUT2D eigenvalue weighted by molar-refractivity contribution is 5.95. The number of nitrogens with one attached hydrogen (secondary N) is 1. The zero-order valence-electron chi connectivity index (χ0n) is 15.3. The predicted molar refractivity (Wildman–Crippen MR) is 105 cm³/mol. The molecular formula is C22H23NO3. The van der Waals surface area contributed by atoms with Crippen LogP contribution < -0.4 is 10.1 Å². The minimum Gasteiger partial charge on any atom is -0.488 e. The zero-order chi connectivity index (χ0) is 18.6. The van der Waals surface area contributed by atoms with E-state index in [1.807, 2.05) is 87.5 Å². The lowest BCUT2D eigenvalue weighted by molar-refractivity contribution is 0.0636. The molecule has 0 aliphatic carbocycles. The van der Waals surface area contributed by atoms with Gasteiger partial charge in [-0.1, -0.05) is 54.6 Å². The van der Waals surface area contributed by atoms with Crippen LogP contribution in [0.4, 0.5) is 10.5 Å². The van der Waals surface area contributed by atoms with Gasteiger partial charge in [-0.15, -0.1) is 0 Å². The molecule has 0 saturated carbocycles. The number of amides is 1. The van der Waals surface area contributed by atoms with E-state index < -0.39 is 11.7 Å². The Kier molecular flexibility index (Phi) is 5.12. The molecular weight excluding hydrogens is 326 g/mol. The van der Waals surface area contributed by atoms with E-state index in [1.165, 1.54) is 0 Å². The van der Waals surface area contributed by atoms with Gasteiger partial charge in [0.2, 0.25) is 0 Å². The van der Waals surface area contributed by atoms with Gasteiger partial charge in [-0.2, -0.15) is 0 Å². The van der Waals surface area contributed by atoms with Crippen LogP contribution in [0.1, 0.15) is 26.3 Å². The first kappa shape index (κ1) is 17.8. The first-order chi connectivity index (χ1) is 12.4. The fourth-order valence-electron chi connectivity index (χ4n) is 2.62. The molecule has 3 aromatic carbocycles. The summed E-state index contributed by atoms with van der Waals surface area (Å²) in [5.74, 6) is 0.720. The number of ether oxygens (including phenoxy) is 2. The van der Waals surface area contributed by atoms with E-state index in [-0.39, 0.29) is 0 Å². The molecule has 0 radical (unpaired) electrons. The van der Waals surface area contributed by atoms with Crippen LogP contribution in [0, 0.1) is 0 Å². The molecule has 0 bridgehead atoms. The van der Waals surface area contributed by atoms with E-state index in [0.29, 0.717) is 12.3 Å². The number of fused-ring (bicyclic) bond motifs is 1. The van der Waals surface area contributed by atoms with Crippen molar-refractivity contribution in [3.05, 3.63) is 72.3 Å². The van der Waals surface area contributed by atoms with E-state index in [0.717, 1.165) is 22.1 Å². The van der Waals surface area contributed by atoms with Crippen molar-refractivity contribution in [3.63, 3.8) is 0 Å². The largest absolute Gasteiger partial charge is 0.488 e. The minimum absolute atomic E-state index is 0.459. The zero-order valence-corrected chi connectivity index (χ0v) is 15.3. The second-order valence-electron chi connectivity index (χ2n) is 7.10. The van der Waals surface area contributed by atoms with Gasteiger partial charge in [0.05, 0.1) is 0 Å². The monoisotopic (exact) mass is 349 g/mol. The first-order valence-electron chi connectivity index (χ1n) is 8.60. The van der Waals surface area contributed by atoms with Crippen LogP contribution >= 0.6 is 0 Å². The summed E-state index contributed by atoms with van der Waals surface area (Å²) in [6.07, 6.45) is -0.484. The molecule has 0 aromatic heterocycles. The quantitative estimate of drug-likeness (QED) is 0.651. The fraction of sp³-hybridized carbons (Fsp3) is 0.227. The summed E-state index contributed by atoms with van der Waals surface area (Å²) in [7, 11) is 0. The number of anilines is 1. The maximum Gasteiger partial charge on any atom is 0.412 e. The van der Waals surface area contributed by atoms with E-state index in [1.54, 1.807) is 0 Å². The summed E-state index contributed by atoms with van der Waals surface area (Å²) < 4.78 is 11.4. The molecule has 3 aromatic rings. The summed E-state index contributed by atoms with van der Waals surface area (Å²) in [6.45, 7) is 5.96. The molecule has 0 fully saturated rings. The third-order valence-electron chi connectivity index (χ3n) is 3.71. The van der Waals surface area contributed by atoms with Crippen molar-refractivity contribution in [3.8, 4) is 5.75 Å². The summed E-state index contributed by atoms with van der Waals surface area (Å²) >= 11 is 0. The Morgan fingerprint density at radius 3 is 2.38 bits per heavy atom. The highest BCUT2D eigenvalue weighted by Gasteiger charge is 2.17. The Bertz CT molecular complexity index is 898. The maximum atomic E-state index is 12.1. The van der Waals surface area contributed by atoms with Crippen molar-refractivity contribution in [2.45, 2.75) is 33.0 Å². The highest BCUT2D eigenvalue weighted by atomic mass is 16.6. The molecule has 0 aliphatic heterocycles. The molecule has 3 rings (SSSR count). The average molecular weight is 349 g/mol. The standard InChI is InChI=1S/C22H23NO3/c1-22(2,3)26-21(24)23-18-13-17-11-7-8-12-19(17)20(14-18)25-15-16-9-5-4-6-10-16/h4-14H,15H2,1-3H3,(H,23,24). The molecule has 0 saturated heterocycles. The lowest BCUT2D eigenvalue weighted by Gasteiger charge is -2.20. The van der Waals surface area contributed by atoms with Crippen LogP contribution in [0.5, 0.6) is 5.75 Å². The molecule has 4 heteroatoms. The van der Waals surface area contributed by atoms with Crippen molar-refractivity contribution < 1.29 is 14.3 Å². The number of benzene rings is 3. The van der Waals surface area contributed by atoms with Crippen LogP contribution in [-0.4, -0.2) is 11.7 Å². The molecule has 0 heterocycles. The molecule has 0 atom stereocenters. The van der Waals surface area contributed by atoms with Crippen molar-refractivity contribution in [2.24, 2.45) is 0 Å². The van der Waals surface area contributed by atoms with E-state index >= 15 is 0 Å². The Labute approximate surface area is 153 Å². The Balaban J connectivity index is 1.85. The maximum absolute atomic E-state index is 12.1. The Morgan fingerprint density at radius 2 is 1.65 bits per heavy atom.